The molecule has 0 aliphatic rings. The van der Waals surface area contributed by atoms with Crippen LogP contribution in [-0.2, 0) is 31.2 Å². The minimum absolute atomic E-state index is 0.0471. The van der Waals surface area contributed by atoms with Gasteiger partial charge in [0, 0.05) is 49.3 Å². The zero-order valence-electron chi connectivity index (χ0n) is 20.1. The standard InChI is InChI=1S/C26H29N7O2/c1-18(14-24-29-31-32-30-24)13-23(34)25-21-15-20(27-2)16-28-26(21)33(3)22(25)11-7-8-12-35-17-19-9-5-4-6-10-19/h4-6,9-10,15-16,18H,7-8,11-14,17H2,1,3H3,(H,29,30,31,32)/t18-/m1/s1. The largest absolute Gasteiger partial charge is 0.377 e. The Hall–Kier alpha value is -3.90. The average Bonchev–Trinajstić information content (AvgIpc) is 3.47. The molecule has 0 aliphatic heterocycles. The van der Waals surface area contributed by atoms with E-state index in [9.17, 15) is 4.79 Å². The molecule has 4 rings (SSSR count). The first kappa shape index (κ1) is 24.2. The van der Waals surface area contributed by atoms with Crippen LogP contribution >= 0.6 is 0 Å². The normalized spacial score (nSPS) is 12.0. The minimum atomic E-state index is 0.0471. The molecule has 35 heavy (non-hydrogen) atoms. The molecule has 0 spiro atoms. The lowest BCUT2D eigenvalue weighted by atomic mass is 9.94. The van der Waals surface area contributed by atoms with E-state index in [2.05, 4.69) is 42.6 Å². The fourth-order valence-electron chi connectivity index (χ4n) is 4.35. The summed E-state index contributed by atoms with van der Waals surface area (Å²) in [6.45, 7) is 10.6. The van der Waals surface area contributed by atoms with Crippen molar-refractivity contribution in [2.75, 3.05) is 6.61 Å². The number of carbonyl (C=O) groups is 1. The highest BCUT2D eigenvalue weighted by Gasteiger charge is 2.24. The lowest BCUT2D eigenvalue weighted by molar-refractivity contribution is 0.0964. The third kappa shape index (κ3) is 5.97. The summed E-state index contributed by atoms with van der Waals surface area (Å²) in [5.41, 5.74) is 3.94. The Kier molecular flexibility index (Phi) is 7.95. The van der Waals surface area contributed by atoms with E-state index in [1.165, 1.54) is 0 Å². The van der Waals surface area contributed by atoms with Gasteiger partial charge in [0.1, 0.15) is 5.65 Å². The molecule has 0 unspecified atom stereocenters. The van der Waals surface area contributed by atoms with Crippen molar-refractivity contribution in [1.82, 2.24) is 30.2 Å². The Labute approximate surface area is 204 Å². The van der Waals surface area contributed by atoms with Crippen molar-refractivity contribution >= 4 is 22.5 Å². The number of nitrogens with one attached hydrogen (secondary N) is 1. The van der Waals surface area contributed by atoms with Gasteiger partial charge < -0.3 is 9.30 Å². The molecule has 4 aromatic rings. The Morgan fingerprint density at radius 2 is 2.09 bits per heavy atom. The molecular weight excluding hydrogens is 442 g/mol. The number of aromatic amines is 1. The van der Waals surface area contributed by atoms with Crippen molar-refractivity contribution in [2.45, 2.75) is 45.6 Å². The summed E-state index contributed by atoms with van der Waals surface area (Å²) >= 11 is 0. The first-order valence-electron chi connectivity index (χ1n) is 11.8. The maximum Gasteiger partial charge on any atom is 0.205 e. The molecular formula is C26H29N7O2. The number of H-pyrrole nitrogens is 1. The maximum absolute atomic E-state index is 13.5. The number of aryl methyl sites for hydroxylation is 1. The quantitative estimate of drug-likeness (QED) is 0.184. The second-order valence-corrected chi connectivity index (χ2v) is 8.82. The van der Waals surface area contributed by atoms with E-state index in [0.717, 1.165) is 41.6 Å². The average molecular weight is 472 g/mol. The van der Waals surface area contributed by atoms with Gasteiger partial charge in [-0.25, -0.2) is 9.83 Å². The van der Waals surface area contributed by atoms with Gasteiger partial charge in [0.25, 0.3) is 0 Å². The van der Waals surface area contributed by atoms with Crippen molar-refractivity contribution in [3.05, 3.63) is 76.7 Å². The van der Waals surface area contributed by atoms with Crippen LogP contribution in [0.1, 0.15) is 53.6 Å². The summed E-state index contributed by atoms with van der Waals surface area (Å²) < 4.78 is 7.81. The number of aromatic nitrogens is 6. The van der Waals surface area contributed by atoms with Crippen molar-refractivity contribution in [3.63, 3.8) is 0 Å². The van der Waals surface area contributed by atoms with E-state index >= 15 is 0 Å². The number of carbonyl (C=O) groups excluding carboxylic acids is 1. The van der Waals surface area contributed by atoms with Crippen LogP contribution in [0.4, 0.5) is 5.69 Å². The first-order valence-corrected chi connectivity index (χ1v) is 11.8. The summed E-state index contributed by atoms with van der Waals surface area (Å²) in [4.78, 5) is 21.5. The molecule has 1 atom stereocenters. The molecule has 0 fully saturated rings. The molecule has 0 amide bonds. The maximum atomic E-state index is 13.5. The summed E-state index contributed by atoms with van der Waals surface area (Å²) in [7, 11) is 1.94. The molecule has 0 saturated heterocycles. The van der Waals surface area contributed by atoms with Gasteiger partial charge in [-0.15, -0.1) is 10.2 Å². The topological polar surface area (TPSA) is 103 Å². The molecule has 3 heterocycles. The van der Waals surface area contributed by atoms with Gasteiger partial charge in [0.2, 0.25) is 5.69 Å². The molecule has 0 saturated carbocycles. The van der Waals surface area contributed by atoms with Crippen molar-refractivity contribution in [1.29, 1.82) is 0 Å². The number of rotatable bonds is 12. The minimum Gasteiger partial charge on any atom is -0.377 e. The zero-order chi connectivity index (χ0) is 24.6. The molecule has 180 valence electrons. The van der Waals surface area contributed by atoms with Crippen LogP contribution in [0.2, 0.25) is 0 Å². The van der Waals surface area contributed by atoms with Crippen LogP contribution in [0.5, 0.6) is 0 Å². The number of hydrogen-bond donors (Lipinski definition) is 1. The van der Waals surface area contributed by atoms with Crippen LogP contribution in [0.25, 0.3) is 15.9 Å². The van der Waals surface area contributed by atoms with E-state index in [-0.39, 0.29) is 11.7 Å². The summed E-state index contributed by atoms with van der Waals surface area (Å²) in [6, 6.07) is 11.9. The van der Waals surface area contributed by atoms with Crippen LogP contribution in [-0.4, -0.2) is 42.6 Å². The third-order valence-electron chi connectivity index (χ3n) is 6.06. The number of tetrazole rings is 1. The second-order valence-electron chi connectivity index (χ2n) is 8.82. The summed E-state index contributed by atoms with van der Waals surface area (Å²) in [5.74, 6) is 0.688. The molecule has 1 aromatic carbocycles. The highest BCUT2D eigenvalue weighted by molar-refractivity contribution is 6.09. The van der Waals surface area contributed by atoms with Gasteiger partial charge in [0.15, 0.2) is 11.6 Å². The van der Waals surface area contributed by atoms with Gasteiger partial charge in [-0.3, -0.25) is 4.79 Å². The fourth-order valence-corrected chi connectivity index (χ4v) is 4.35. The van der Waals surface area contributed by atoms with Crippen LogP contribution in [0.15, 0.2) is 42.6 Å². The molecule has 9 heteroatoms. The molecule has 9 nitrogen and oxygen atoms in total. The smallest absolute Gasteiger partial charge is 0.205 e. The molecule has 0 bridgehead atoms. The number of hydrogen-bond acceptors (Lipinski definition) is 6. The number of nitrogens with zero attached hydrogens (tertiary/aromatic N) is 6. The van der Waals surface area contributed by atoms with E-state index in [0.29, 0.717) is 43.1 Å². The molecule has 0 radical (unpaired) electrons. The Morgan fingerprint density at radius 3 is 2.83 bits per heavy atom. The lowest BCUT2D eigenvalue weighted by Gasteiger charge is -2.11. The van der Waals surface area contributed by atoms with Crippen LogP contribution < -0.4 is 0 Å². The van der Waals surface area contributed by atoms with Gasteiger partial charge >= 0.3 is 0 Å². The molecule has 3 aromatic heterocycles. The number of Topliss-reactive ketones (excluding diaryl/α,β-unsaturated/α-hetero) is 1. The Morgan fingerprint density at radius 1 is 1.26 bits per heavy atom. The Bertz CT molecular complexity index is 1310. The monoisotopic (exact) mass is 471 g/mol. The summed E-state index contributed by atoms with van der Waals surface area (Å²) in [6.07, 6.45) is 4.97. The SMILES string of the molecule is [C-]#[N+]c1cnc2c(c1)c(C(=O)C[C@@H](C)Cc1nn[nH]n1)c(CCCCOCc1ccccc1)n2C. The predicted molar refractivity (Wildman–Crippen MR) is 132 cm³/mol. The highest BCUT2D eigenvalue weighted by atomic mass is 16.5. The van der Waals surface area contributed by atoms with E-state index in [1.807, 2.05) is 36.7 Å². The van der Waals surface area contributed by atoms with Crippen LogP contribution in [0.3, 0.4) is 0 Å². The number of pyridine rings is 1. The van der Waals surface area contributed by atoms with Gasteiger partial charge in [-0.1, -0.05) is 42.5 Å². The van der Waals surface area contributed by atoms with Crippen molar-refractivity contribution < 1.29 is 9.53 Å². The van der Waals surface area contributed by atoms with Crippen molar-refractivity contribution in [2.24, 2.45) is 13.0 Å². The predicted octanol–water partition coefficient (Wildman–Crippen LogP) is 4.63. The zero-order valence-corrected chi connectivity index (χ0v) is 20.1. The summed E-state index contributed by atoms with van der Waals surface area (Å²) in [5, 5.41) is 14.8. The number of fused-ring (bicyclic) bond motifs is 1. The van der Waals surface area contributed by atoms with Gasteiger partial charge in [-0.05, 0) is 36.8 Å². The Balaban J connectivity index is 1.46. The second kappa shape index (κ2) is 11.5. The number of ether oxygens (including phenoxy) is 1. The van der Waals surface area contributed by atoms with E-state index < -0.39 is 0 Å². The van der Waals surface area contributed by atoms with Crippen molar-refractivity contribution in [3.8, 4) is 0 Å². The lowest BCUT2D eigenvalue weighted by Crippen LogP contribution is -2.12. The van der Waals surface area contributed by atoms with Gasteiger partial charge in [0.05, 0.1) is 13.2 Å². The highest BCUT2D eigenvalue weighted by Crippen LogP contribution is 2.30. The number of benzene rings is 1. The van der Waals surface area contributed by atoms with Gasteiger partial charge in [-0.2, -0.15) is 5.21 Å². The van der Waals surface area contributed by atoms with E-state index in [4.69, 9.17) is 11.3 Å². The van der Waals surface area contributed by atoms with E-state index in [1.54, 1.807) is 12.3 Å². The molecule has 1 N–H and O–H groups in total. The third-order valence-corrected chi connectivity index (χ3v) is 6.06. The molecule has 0 aliphatic carbocycles. The number of unbranched alkanes of at least 4 members (excludes halogenated alkanes) is 1. The first-order chi connectivity index (χ1) is 17.1. The van der Waals surface area contributed by atoms with Crippen LogP contribution in [0, 0.1) is 12.5 Å². The number of ketones is 1. The fraction of sp³-hybridized carbons (Fsp3) is 0.385.